The van der Waals surface area contributed by atoms with Crippen molar-refractivity contribution in [2.45, 2.75) is 38.2 Å². The highest BCUT2D eigenvalue weighted by molar-refractivity contribution is 7.89. The van der Waals surface area contributed by atoms with E-state index in [0.717, 1.165) is 22.0 Å². The molecule has 2 N–H and O–H groups in total. The van der Waals surface area contributed by atoms with Gasteiger partial charge in [0.2, 0.25) is 16.0 Å². The summed E-state index contributed by atoms with van der Waals surface area (Å²) < 4.78 is 77.2. The number of hydrogen-bond donors (Lipinski definition) is 2. The third-order valence-corrected chi connectivity index (χ3v) is 5.29. The monoisotopic (exact) mass is 407 g/mol. The molecule has 1 aliphatic carbocycles. The number of hydrogen-bond acceptors (Lipinski definition) is 4. The molecule has 0 unspecified atom stereocenters. The van der Waals surface area contributed by atoms with E-state index in [1.54, 1.807) is 18.2 Å². The Morgan fingerprint density at radius 1 is 1.26 bits per heavy atom. The number of nitrogens with zero attached hydrogens (tertiary/aromatic N) is 2. The van der Waals surface area contributed by atoms with Crippen molar-refractivity contribution < 1.29 is 31.1 Å². The predicted octanol–water partition coefficient (Wildman–Crippen LogP) is 1.76. The van der Waals surface area contributed by atoms with Gasteiger partial charge in [0.15, 0.2) is 5.69 Å². The van der Waals surface area contributed by atoms with Gasteiger partial charge < -0.3 is 5.11 Å². The number of aliphatic hydroxyl groups excluding tert-OH is 1. The largest absolute Gasteiger partial charge is 0.435 e. The zero-order valence-electron chi connectivity index (χ0n) is 14.0. The summed E-state index contributed by atoms with van der Waals surface area (Å²) in [6, 6.07) is 3.33. The second kappa shape index (κ2) is 7.21. The van der Waals surface area contributed by atoms with E-state index in [-0.39, 0.29) is 12.1 Å². The maximum absolute atomic E-state index is 12.9. The minimum absolute atomic E-state index is 0.0667. The summed E-state index contributed by atoms with van der Waals surface area (Å²) in [6.07, 6.45) is -2.71. The normalized spacial score (nSPS) is 17.3. The standard InChI is InChI=1S/C16H17F4N3O3S/c17-9-27(25,26)22-14-4-11-2-1-10(3-12(11)5-14)6-23-7-13(8-24)15(21-23)16(18,19)20/h1-3,7,14,22,24H,4-6,8-9H2/t14-/m1/s1. The summed E-state index contributed by atoms with van der Waals surface area (Å²) in [5, 5.41) is 12.6. The Labute approximate surface area is 152 Å². The van der Waals surface area contributed by atoms with Gasteiger partial charge in [-0.3, -0.25) is 4.68 Å². The number of nitrogens with one attached hydrogen (secondary N) is 1. The highest BCUT2D eigenvalue weighted by Gasteiger charge is 2.37. The number of sulfonamides is 1. The zero-order chi connectivity index (χ0) is 19.8. The van der Waals surface area contributed by atoms with Crippen LogP contribution in [0.15, 0.2) is 24.4 Å². The van der Waals surface area contributed by atoms with Gasteiger partial charge in [-0.15, -0.1) is 0 Å². The molecule has 27 heavy (non-hydrogen) atoms. The summed E-state index contributed by atoms with van der Waals surface area (Å²) >= 11 is 0. The van der Waals surface area contributed by atoms with Crippen molar-refractivity contribution in [2.24, 2.45) is 0 Å². The molecule has 6 nitrogen and oxygen atoms in total. The first kappa shape index (κ1) is 19.8. The molecule has 0 amide bonds. The number of aromatic nitrogens is 2. The van der Waals surface area contributed by atoms with Crippen LogP contribution >= 0.6 is 0 Å². The molecule has 0 radical (unpaired) electrons. The van der Waals surface area contributed by atoms with Crippen molar-refractivity contribution in [3.05, 3.63) is 52.3 Å². The number of alkyl halides is 4. The first-order chi connectivity index (χ1) is 12.6. The Hall–Kier alpha value is -1.98. The molecular formula is C16H17F4N3O3S. The predicted molar refractivity (Wildman–Crippen MR) is 87.9 cm³/mol. The SMILES string of the molecule is O=S(=O)(CF)N[C@@H]1Cc2ccc(Cn3cc(CO)c(C(F)(F)F)n3)cc2C1. The first-order valence-corrected chi connectivity index (χ1v) is 9.67. The third-order valence-electron chi connectivity index (χ3n) is 4.31. The molecule has 1 atom stereocenters. The average molecular weight is 407 g/mol. The molecule has 1 aromatic carbocycles. The molecule has 11 heteroatoms. The van der Waals surface area contributed by atoms with Gasteiger partial charge in [-0.25, -0.2) is 17.5 Å². The number of aliphatic hydroxyl groups is 1. The van der Waals surface area contributed by atoms with Crippen LogP contribution in [0.4, 0.5) is 17.6 Å². The van der Waals surface area contributed by atoms with Gasteiger partial charge >= 0.3 is 6.18 Å². The van der Waals surface area contributed by atoms with Crippen LogP contribution in [0.5, 0.6) is 0 Å². The fourth-order valence-corrected chi connectivity index (χ4v) is 3.96. The molecule has 1 aliphatic rings. The molecule has 0 saturated carbocycles. The van der Waals surface area contributed by atoms with Crippen LogP contribution in [0.1, 0.15) is 27.9 Å². The number of rotatable bonds is 6. The van der Waals surface area contributed by atoms with E-state index in [9.17, 15) is 26.0 Å². The molecule has 0 spiro atoms. The summed E-state index contributed by atoms with van der Waals surface area (Å²) in [5.74, 6) is 0. The Bertz CT molecular complexity index is 941. The van der Waals surface area contributed by atoms with Crippen molar-refractivity contribution >= 4 is 10.0 Å². The van der Waals surface area contributed by atoms with Gasteiger partial charge in [0.05, 0.1) is 13.2 Å². The number of benzene rings is 1. The molecule has 0 fully saturated rings. The lowest BCUT2D eigenvalue weighted by Crippen LogP contribution is -2.36. The van der Waals surface area contributed by atoms with Gasteiger partial charge in [-0.05, 0) is 29.5 Å². The Balaban J connectivity index is 1.76. The molecule has 148 valence electrons. The van der Waals surface area contributed by atoms with Crippen molar-refractivity contribution in [1.82, 2.24) is 14.5 Å². The molecule has 0 bridgehead atoms. The molecule has 0 aliphatic heterocycles. The van der Waals surface area contributed by atoms with Gasteiger partial charge in [-0.1, -0.05) is 18.2 Å². The van der Waals surface area contributed by atoms with E-state index >= 15 is 0 Å². The van der Waals surface area contributed by atoms with E-state index < -0.39 is 40.5 Å². The van der Waals surface area contributed by atoms with Gasteiger partial charge in [0.25, 0.3) is 0 Å². The first-order valence-electron chi connectivity index (χ1n) is 8.02. The van der Waals surface area contributed by atoms with Crippen LogP contribution in [-0.4, -0.2) is 35.4 Å². The summed E-state index contributed by atoms with van der Waals surface area (Å²) in [6.45, 7) is -0.702. The Kier molecular flexibility index (Phi) is 5.28. The second-order valence-corrected chi connectivity index (χ2v) is 8.09. The minimum Gasteiger partial charge on any atom is -0.392 e. The molecule has 3 rings (SSSR count). The Morgan fingerprint density at radius 3 is 2.56 bits per heavy atom. The zero-order valence-corrected chi connectivity index (χ0v) is 14.8. The highest BCUT2D eigenvalue weighted by atomic mass is 32.2. The van der Waals surface area contributed by atoms with Gasteiger partial charge in [-0.2, -0.15) is 18.3 Å². The van der Waals surface area contributed by atoms with E-state index in [4.69, 9.17) is 5.11 Å². The van der Waals surface area contributed by atoms with Crippen LogP contribution in [-0.2, 0) is 42.2 Å². The lowest BCUT2D eigenvalue weighted by Gasteiger charge is -2.09. The topological polar surface area (TPSA) is 84.2 Å². The van der Waals surface area contributed by atoms with Crippen molar-refractivity contribution in [2.75, 3.05) is 6.01 Å². The van der Waals surface area contributed by atoms with Crippen molar-refractivity contribution in [1.29, 1.82) is 0 Å². The van der Waals surface area contributed by atoms with Crippen LogP contribution < -0.4 is 4.72 Å². The molecular weight excluding hydrogens is 390 g/mol. The number of halogens is 4. The summed E-state index contributed by atoms with van der Waals surface area (Å²) in [7, 11) is -3.96. The fourth-order valence-electron chi connectivity index (χ4n) is 3.22. The van der Waals surface area contributed by atoms with Gasteiger partial charge in [0.1, 0.15) is 0 Å². The van der Waals surface area contributed by atoms with Crippen molar-refractivity contribution in [3.8, 4) is 0 Å². The molecule has 1 heterocycles. The average Bonchev–Trinajstić information content (AvgIpc) is 3.17. The Morgan fingerprint density at radius 2 is 1.96 bits per heavy atom. The van der Waals surface area contributed by atoms with Crippen LogP contribution in [0.3, 0.4) is 0 Å². The van der Waals surface area contributed by atoms with Crippen molar-refractivity contribution in [3.63, 3.8) is 0 Å². The van der Waals surface area contributed by atoms with E-state index in [2.05, 4.69) is 9.82 Å². The summed E-state index contributed by atoms with van der Waals surface area (Å²) in [5.41, 5.74) is 1.02. The highest BCUT2D eigenvalue weighted by Crippen LogP contribution is 2.31. The van der Waals surface area contributed by atoms with E-state index in [1.165, 1.54) is 0 Å². The van der Waals surface area contributed by atoms with Crippen LogP contribution in [0, 0.1) is 0 Å². The number of fused-ring (bicyclic) bond motifs is 1. The minimum atomic E-state index is -4.65. The smallest absolute Gasteiger partial charge is 0.392 e. The van der Waals surface area contributed by atoms with E-state index in [0.29, 0.717) is 18.4 Å². The van der Waals surface area contributed by atoms with Crippen LogP contribution in [0.25, 0.3) is 0 Å². The molecule has 1 aromatic heterocycles. The molecule has 0 saturated heterocycles. The molecule has 2 aromatic rings. The lowest BCUT2D eigenvalue weighted by atomic mass is 10.1. The fraction of sp³-hybridized carbons (Fsp3) is 0.438. The van der Waals surface area contributed by atoms with Crippen LogP contribution in [0.2, 0.25) is 0 Å². The van der Waals surface area contributed by atoms with E-state index in [1.807, 2.05) is 0 Å². The second-order valence-electron chi connectivity index (χ2n) is 6.41. The quantitative estimate of drug-likeness (QED) is 0.715. The summed E-state index contributed by atoms with van der Waals surface area (Å²) in [4.78, 5) is 0. The third kappa shape index (κ3) is 4.47. The lowest BCUT2D eigenvalue weighted by molar-refractivity contribution is -0.142. The maximum atomic E-state index is 12.9. The van der Waals surface area contributed by atoms with Gasteiger partial charge in [0, 0.05) is 17.8 Å². The maximum Gasteiger partial charge on any atom is 0.435 e.